The van der Waals surface area contributed by atoms with Gasteiger partial charge in [-0.2, -0.15) is 0 Å². The number of nitrogens with zero attached hydrogens (tertiary/aromatic N) is 1. The van der Waals surface area contributed by atoms with Crippen molar-refractivity contribution in [2.45, 2.75) is 12.5 Å². The van der Waals surface area contributed by atoms with Crippen molar-refractivity contribution in [2.24, 2.45) is 11.5 Å². The number of carboxylic acids is 1. The highest BCUT2D eigenvalue weighted by Gasteiger charge is 2.11. The van der Waals surface area contributed by atoms with E-state index in [0.29, 0.717) is 0 Å². The Morgan fingerprint density at radius 3 is 2.77 bits per heavy atom. The Morgan fingerprint density at radius 1 is 1.77 bits per heavy atom. The maximum atomic E-state index is 10.3. The van der Waals surface area contributed by atoms with Crippen LogP contribution in [-0.2, 0) is 11.2 Å². The first-order valence-corrected chi connectivity index (χ1v) is 3.73. The van der Waals surface area contributed by atoms with Crippen molar-refractivity contribution in [3.05, 3.63) is 18.2 Å². The SMILES string of the molecule is CN.NC(Cc1cnc[nH]1)C(=O)O. The van der Waals surface area contributed by atoms with Crippen LogP contribution in [0, 0.1) is 0 Å². The molecular weight excluding hydrogens is 172 g/mol. The van der Waals surface area contributed by atoms with Crippen LogP contribution in [0.25, 0.3) is 0 Å². The highest BCUT2D eigenvalue weighted by molar-refractivity contribution is 5.73. The molecule has 1 aromatic heterocycles. The second-order valence-corrected chi connectivity index (χ2v) is 2.23. The van der Waals surface area contributed by atoms with Crippen LogP contribution in [0.15, 0.2) is 12.5 Å². The number of aromatic amines is 1. The Balaban J connectivity index is 0.000000671. The van der Waals surface area contributed by atoms with Crippen molar-refractivity contribution in [3.63, 3.8) is 0 Å². The van der Waals surface area contributed by atoms with Gasteiger partial charge in [0.05, 0.1) is 6.33 Å². The predicted molar refractivity (Wildman–Crippen MR) is 48.0 cm³/mol. The third kappa shape index (κ3) is 4.24. The molecule has 6 heteroatoms. The van der Waals surface area contributed by atoms with Crippen LogP contribution in [0.5, 0.6) is 0 Å². The van der Waals surface area contributed by atoms with E-state index in [4.69, 9.17) is 10.8 Å². The average molecular weight is 186 g/mol. The van der Waals surface area contributed by atoms with Crippen LogP contribution in [0.1, 0.15) is 5.69 Å². The number of carbonyl (C=O) groups is 1. The molecule has 1 heterocycles. The molecule has 0 aliphatic carbocycles. The second-order valence-electron chi connectivity index (χ2n) is 2.23. The minimum atomic E-state index is -1.00. The largest absolute Gasteiger partial charge is 0.480 e. The molecule has 0 saturated heterocycles. The monoisotopic (exact) mass is 186 g/mol. The fraction of sp³-hybridized carbons (Fsp3) is 0.429. The Morgan fingerprint density at radius 2 is 2.38 bits per heavy atom. The third-order valence-corrected chi connectivity index (χ3v) is 1.31. The predicted octanol–water partition coefficient (Wildman–Crippen LogP) is -1.06. The molecule has 1 unspecified atom stereocenters. The van der Waals surface area contributed by atoms with E-state index in [0.717, 1.165) is 5.69 Å². The molecule has 74 valence electrons. The van der Waals surface area contributed by atoms with E-state index in [1.165, 1.54) is 13.4 Å². The van der Waals surface area contributed by atoms with E-state index in [-0.39, 0.29) is 6.42 Å². The van der Waals surface area contributed by atoms with Crippen LogP contribution in [0.2, 0.25) is 0 Å². The van der Waals surface area contributed by atoms with Crippen molar-refractivity contribution in [3.8, 4) is 0 Å². The third-order valence-electron chi connectivity index (χ3n) is 1.31. The van der Waals surface area contributed by atoms with E-state index in [9.17, 15) is 4.79 Å². The number of nitrogens with two attached hydrogens (primary N) is 2. The summed E-state index contributed by atoms with van der Waals surface area (Å²) in [5.41, 5.74) is 10.5. The zero-order valence-corrected chi connectivity index (χ0v) is 7.40. The van der Waals surface area contributed by atoms with Gasteiger partial charge in [0, 0.05) is 18.3 Å². The number of nitrogens with one attached hydrogen (secondary N) is 1. The molecule has 0 fully saturated rings. The molecule has 0 aliphatic heterocycles. The van der Waals surface area contributed by atoms with Gasteiger partial charge >= 0.3 is 5.97 Å². The first-order chi connectivity index (χ1) is 6.20. The molecular formula is C7H14N4O2. The minimum absolute atomic E-state index is 0.287. The lowest BCUT2D eigenvalue weighted by Gasteiger charge is -2.02. The molecule has 13 heavy (non-hydrogen) atoms. The molecule has 0 aromatic carbocycles. The number of aliphatic carboxylic acids is 1. The van der Waals surface area contributed by atoms with Crippen LogP contribution < -0.4 is 11.5 Å². The van der Waals surface area contributed by atoms with Crippen LogP contribution >= 0.6 is 0 Å². The summed E-state index contributed by atoms with van der Waals surface area (Å²) < 4.78 is 0. The molecule has 1 atom stereocenters. The van der Waals surface area contributed by atoms with Crippen LogP contribution in [0.4, 0.5) is 0 Å². The smallest absolute Gasteiger partial charge is 0.320 e. The number of rotatable bonds is 3. The number of imidazole rings is 1. The van der Waals surface area contributed by atoms with E-state index in [2.05, 4.69) is 15.7 Å². The van der Waals surface area contributed by atoms with Crippen molar-refractivity contribution < 1.29 is 9.90 Å². The molecule has 1 aromatic rings. The molecule has 0 bridgehead atoms. The Bertz CT molecular complexity index is 235. The lowest BCUT2D eigenvalue weighted by molar-refractivity contribution is -0.138. The van der Waals surface area contributed by atoms with Crippen molar-refractivity contribution in [1.82, 2.24) is 9.97 Å². The van der Waals surface area contributed by atoms with E-state index in [1.807, 2.05) is 0 Å². The van der Waals surface area contributed by atoms with Crippen molar-refractivity contribution in [1.29, 1.82) is 0 Å². The van der Waals surface area contributed by atoms with Gasteiger partial charge in [-0.25, -0.2) is 4.98 Å². The van der Waals surface area contributed by atoms with Gasteiger partial charge in [-0.1, -0.05) is 0 Å². The van der Waals surface area contributed by atoms with Gasteiger partial charge in [0.15, 0.2) is 0 Å². The molecule has 1 rings (SSSR count). The number of carboxylic acid groups (broad SMARTS) is 1. The van der Waals surface area contributed by atoms with Gasteiger partial charge in [0.2, 0.25) is 0 Å². The molecule has 6 nitrogen and oxygen atoms in total. The van der Waals surface area contributed by atoms with E-state index < -0.39 is 12.0 Å². The lowest BCUT2D eigenvalue weighted by Crippen LogP contribution is -2.32. The summed E-state index contributed by atoms with van der Waals surface area (Å²) in [5.74, 6) is -1.00. The Labute approximate surface area is 76.0 Å². The van der Waals surface area contributed by atoms with Gasteiger partial charge in [0.1, 0.15) is 6.04 Å². The first-order valence-electron chi connectivity index (χ1n) is 3.73. The van der Waals surface area contributed by atoms with Crippen LogP contribution in [0.3, 0.4) is 0 Å². The fourth-order valence-electron chi connectivity index (χ4n) is 0.721. The highest BCUT2D eigenvalue weighted by Crippen LogP contribution is 1.95. The summed E-state index contributed by atoms with van der Waals surface area (Å²) in [7, 11) is 1.50. The molecule has 0 radical (unpaired) electrons. The topological polar surface area (TPSA) is 118 Å². The van der Waals surface area contributed by atoms with Crippen molar-refractivity contribution in [2.75, 3.05) is 7.05 Å². The zero-order chi connectivity index (χ0) is 10.3. The Hall–Kier alpha value is -1.40. The minimum Gasteiger partial charge on any atom is -0.480 e. The van der Waals surface area contributed by atoms with Gasteiger partial charge in [0.25, 0.3) is 0 Å². The summed E-state index contributed by atoms with van der Waals surface area (Å²) >= 11 is 0. The van der Waals surface area contributed by atoms with Gasteiger partial charge in [-0.3, -0.25) is 4.79 Å². The standard InChI is InChI=1S/C6H9N3O2.CH5N/c7-5(6(10)11)1-4-2-8-3-9-4;1-2/h2-3,5H,1,7H2,(H,8,9)(H,10,11);2H2,1H3. The fourth-order valence-corrected chi connectivity index (χ4v) is 0.721. The number of hydrogen-bond donors (Lipinski definition) is 4. The molecule has 0 aliphatic rings. The average Bonchev–Trinajstić information content (AvgIpc) is 2.60. The normalized spacial score (nSPS) is 11.3. The van der Waals surface area contributed by atoms with Crippen LogP contribution in [-0.4, -0.2) is 34.1 Å². The van der Waals surface area contributed by atoms with E-state index in [1.54, 1.807) is 6.20 Å². The molecule has 0 amide bonds. The number of aromatic nitrogens is 2. The zero-order valence-electron chi connectivity index (χ0n) is 7.40. The maximum Gasteiger partial charge on any atom is 0.320 e. The summed E-state index contributed by atoms with van der Waals surface area (Å²) in [6, 6.07) is -0.851. The maximum absolute atomic E-state index is 10.3. The summed E-state index contributed by atoms with van der Waals surface area (Å²) in [5, 5.41) is 8.42. The van der Waals surface area contributed by atoms with Gasteiger partial charge < -0.3 is 21.6 Å². The number of H-pyrrole nitrogens is 1. The summed E-state index contributed by atoms with van der Waals surface area (Å²) in [6.45, 7) is 0. The Kier molecular flexibility index (Phi) is 5.49. The summed E-state index contributed by atoms with van der Waals surface area (Å²) in [6.07, 6.45) is 3.34. The number of hydrogen-bond acceptors (Lipinski definition) is 4. The molecule has 0 saturated carbocycles. The first kappa shape index (κ1) is 11.6. The van der Waals surface area contributed by atoms with Crippen molar-refractivity contribution >= 4 is 5.97 Å². The quantitative estimate of drug-likeness (QED) is 0.480. The van der Waals surface area contributed by atoms with Gasteiger partial charge in [-0.15, -0.1) is 0 Å². The molecule has 0 spiro atoms. The van der Waals surface area contributed by atoms with E-state index >= 15 is 0 Å². The van der Waals surface area contributed by atoms with Gasteiger partial charge in [-0.05, 0) is 7.05 Å². The molecule has 6 N–H and O–H groups in total. The summed E-state index contributed by atoms with van der Waals surface area (Å²) in [4.78, 5) is 16.8. The second kappa shape index (κ2) is 6.15. The lowest BCUT2D eigenvalue weighted by atomic mass is 10.2. The highest BCUT2D eigenvalue weighted by atomic mass is 16.4.